The Balaban J connectivity index is 2.91. The van der Waals surface area contributed by atoms with E-state index in [0.717, 1.165) is 15.2 Å². The smallest absolute Gasteiger partial charge is 0.258 e. The highest BCUT2D eigenvalue weighted by Crippen LogP contribution is 2.20. The molecule has 0 saturated carbocycles. The van der Waals surface area contributed by atoms with Crippen LogP contribution < -0.4 is 5.56 Å². The van der Waals surface area contributed by atoms with Crippen LogP contribution in [-0.2, 0) is 6.54 Å². The molecule has 1 aromatic carbocycles. The molecule has 3 heteroatoms. The van der Waals surface area contributed by atoms with Gasteiger partial charge in [0.25, 0.3) is 5.56 Å². The average molecular weight is 252 g/mol. The van der Waals surface area contributed by atoms with Gasteiger partial charge in [-0.3, -0.25) is 4.79 Å². The lowest BCUT2D eigenvalue weighted by Gasteiger charge is -2.04. The maximum atomic E-state index is 11.9. The van der Waals surface area contributed by atoms with Crippen LogP contribution >= 0.6 is 15.9 Å². The quantitative estimate of drug-likeness (QED) is 0.764. The van der Waals surface area contributed by atoms with Gasteiger partial charge in [-0.25, -0.2) is 0 Å². The van der Waals surface area contributed by atoms with E-state index in [2.05, 4.69) is 15.9 Å². The molecule has 1 aromatic heterocycles. The lowest BCUT2D eigenvalue weighted by Crippen LogP contribution is -2.18. The van der Waals surface area contributed by atoms with Crippen LogP contribution in [0.2, 0.25) is 0 Å². The monoisotopic (exact) mass is 251 g/mol. The first kappa shape index (κ1) is 9.46. The van der Waals surface area contributed by atoms with Gasteiger partial charge in [-0.05, 0) is 25.1 Å². The molecule has 0 spiro atoms. The molecule has 0 unspecified atom stereocenters. The predicted octanol–water partition coefficient (Wildman–Crippen LogP) is 2.78. The van der Waals surface area contributed by atoms with E-state index in [1.54, 1.807) is 4.57 Å². The third-order valence-electron chi connectivity index (χ3n) is 2.31. The van der Waals surface area contributed by atoms with E-state index >= 15 is 0 Å². The van der Waals surface area contributed by atoms with Crippen molar-refractivity contribution in [2.45, 2.75) is 13.5 Å². The zero-order chi connectivity index (χ0) is 10.1. The van der Waals surface area contributed by atoms with Crippen molar-refractivity contribution in [3.63, 3.8) is 0 Å². The van der Waals surface area contributed by atoms with Gasteiger partial charge in [-0.15, -0.1) is 0 Å². The van der Waals surface area contributed by atoms with E-state index in [1.807, 2.05) is 37.4 Å². The molecule has 0 bridgehead atoms. The molecule has 0 saturated heterocycles. The molecular weight excluding hydrogens is 242 g/mol. The van der Waals surface area contributed by atoms with Crippen LogP contribution in [0.15, 0.2) is 39.7 Å². The molecule has 0 amide bonds. The Labute approximate surface area is 90.3 Å². The van der Waals surface area contributed by atoms with Crippen LogP contribution in [0.1, 0.15) is 6.92 Å². The van der Waals surface area contributed by atoms with Crippen molar-refractivity contribution in [1.29, 1.82) is 0 Å². The Bertz CT molecular complexity index is 530. The van der Waals surface area contributed by atoms with Crippen LogP contribution in [-0.4, -0.2) is 4.57 Å². The SMILES string of the molecule is CCn1ccc2c(Br)cccc2c1=O. The highest BCUT2D eigenvalue weighted by molar-refractivity contribution is 9.10. The van der Waals surface area contributed by atoms with Gasteiger partial charge in [0, 0.05) is 28.0 Å². The highest BCUT2D eigenvalue weighted by atomic mass is 79.9. The minimum absolute atomic E-state index is 0.0753. The molecule has 2 nitrogen and oxygen atoms in total. The summed E-state index contributed by atoms with van der Waals surface area (Å²) in [5.74, 6) is 0. The molecule has 0 aliphatic rings. The lowest BCUT2D eigenvalue weighted by atomic mass is 10.2. The van der Waals surface area contributed by atoms with Crippen molar-refractivity contribution in [3.8, 4) is 0 Å². The second kappa shape index (κ2) is 3.58. The Hall–Kier alpha value is -1.09. The number of hydrogen-bond acceptors (Lipinski definition) is 1. The summed E-state index contributed by atoms with van der Waals surface area (Å²) in [5, 5.41) is 1.74. The number of fused-ring (bicyclic) bond motifs is 1. The molecule has 0 N–H and O–H groups in total. The number of nitrogens with zero attached hydrogens (tertiary/aromatic N) is 1. The van der Waals surface area contributed by atoms with E-state index in [0.29, 0.717) is 6.54 Å². The van der Waals surface area contributed by atoms with Crippen molar-refractivity contribution in [2.75, 3.05) is 0 Å². The minimum Gasteiger partial charge on any atom is -0.315 e. The molecular formula is C11H10BrNO. The molecule has 72 valence electrons. The van der Waals surface area contributed by atoms with E-state index in [9.17, 15) is 4.79 Å². The largest absolute Gasteiger partial charge is 0.315 e. The van der Waals surface area contributed by atoms with Crippen LogP contribution in [0.4, 0.5) is 0 Å². The third-order valence-corrected chi connectivity index (χ3v) is 3.00. The maximum Gasteiger partial charge on any atom is 0.258 e. The van der Waals surface area contributed by atoms with Crippen LogP contribution in [0.25, 0.3) is 10.8 Å². The topological polar surface area (TPSA) is 22.0 Å². The van der Waals surface area contributed by atoms with Crippen LogP contribution in [0.5, 0.6) is 0 Å². The Kier molecular flexibility index (Phi) is 2.42. The molecule has 0 aliphatic carbocycles. The van der Waals surface area contributed by atoms with Gasteiger partial charge in [0.15, 0.2) is 0 Å². The first-order chi connectivity index (χ1) is 6.74. The number of pyridine rings is 1. The fourth-order valence-corrected chi connectivity index (χ4v) is 2.03. The number of rotatable bonds is 1. The first-order valence-corrected chi connectivity index (χ1v) is 5.31. The molecule has 2 rings (SSSR count). The summed E-state index contributed by atoms with van der Waals surface area (Å²) in [5.41, 5.74) is 0.0753. The summed E-state index contributed by atoms with van der Waals surface area (Å²) in [6, 6.07) is 7.64. The van der Waals surface area contributed by atoms with E-state index < -0.39 is 0 Å². The summed E-state index contributed by atoms with van der Waals surface area (Å²) in [6.07, 6.45) is 1.83. The van der Waals surface area contributed by atoms with Gasteiger partial charge in [0.1, 0.15) is 0 Å². The van der Waals surface area contributed by atoms with Crippen molar-refractivity contribution >= 4 is 26.7 Å². The predicted molar refractivity (Wildman–Crippen MR) is 61.6 cm³/mol. The molecule has 0 atom stereocenters. The van der Waals surface area contributed by atoms with Crippen LogP contribution in [0, 0.1) is 0 Å². The van der Waals surface area contributed by atoms with Gasteiger partial charge >= 0.3 is 0 Å². The van der Waals surface area contributed by atoms with Crippen molar-refractivity contribution in [1.82, 2.24) is 4.57 Å². The number of hydrogen-bond donors (Lipinski definition) is 0. The summed E-state index contributed by atoms with van der Waals surface area (Å²) >= 11 is 3.43. The molecule has 0 aliphatic heterocycles. The van der Waals surface area contributed by atoms with Gasteiger partial charge in [0.05, 0.1) is 0 Å². The van der Waals surface area contributed by atoms with E-state index in [-0.39, 0.29) is 5.56 Å². The molecule has 0 fully saturated rings. The van der Waals surface area contributed by atoms with Gasteiger partial charge < -0.3 is 4.57 Å². The summed E-state index contributed by atoms with van der Waals surface area (Å²) < 4.78 is 2.67. The van der Waals surface area contributed by atoms with E-state index in [1.165, 1.54) is 0 Å². The van der Waals surface area contributed by atoms with E-state index in [4.69, 9.17) is 0 Å². The summed E-state index contributed by atoms with van der Waals surface area (Å²) in [6.45, 7) is 2.67. The molecule has 1 heterocycles. The van der Waals surface area contributed by atoms with Gasteiger partial charge in [-0.2, -0.15) is 0 Å². The number of aromatic nitrogens is 1. The zero-order valence-corrected chi connectivity index (χ0v) is 9.41. The fourth-order valence-electron chi connectivity index (χ4n) is 1.53. The minimum atomic E-state index is 0.0753. The second-order valence-electron chi connectivity index (χ2n) is 3.11. The fraction of sp³-hybridized carbons (Fsp3) is 0.182. The Morgan fingerprint density at radius 1 is 1.29 bits per heavy atom. The summed E-state index contributed by atoms with van der Waals surface area (Å²) in [7, 11) is 0. The highest BCUT2D eigenvalue weighted by Gasteiger charge is 2.02. The maximum absolute atomic E-state index is 11.9. The standard InChI is InChI=1S/C11H10BrNO/c1-2-13-7-6-8-9(11(13)14)4-3-5-10(8)12/h3-7H,2H2,1H3. The lowest BCUT2D eigenvalue weighted by molar-refractivity contribution is 0.735. The number of aryl methyl sites for hydroxylation is 1. The van der Waals surface area contributed by atoms with Gasteiger partial charge in [-0.1, -0.05) is 22.0 Å². The Morgan fingerprint density at radius 2 is 2.07 bits per heavy atom. The summed E-state index contributed by atoms with van der Waals surface area (Å²) in [4.78, 5) is 11.9. The molecule has 0 radical (unpaired) electrons. The number of benzene rings is 1. The molecule has 14 heavy (non-hydrogen) atoms. The second-order valence-corrected chi connectivity index (χ2v) is 3.96. The van der Waals surface area contributed by atoms with Crippen LogP contribution in [0.3, 0.4) is 0 Å². The van der Waals surface area contributed by atoms with Crippen molar-refractivity contribution < 1.29 is 0 Å². The van der Waals surface area contributed by atoms with Crippen molar-refractivity contribution in [3.05, 3.63) is 45.3 Å². The Morgan fingerprint density at radius 3 is 2.79 bits per heavy atom. The van der Waals surface area contributed by atoms with Crippen molar-refractivity contribution in [2.24, 2.45) is 0 Å². The third kappa shape index (κ3) is 1.38. The molecule has 2 aromatic rings. The average Bonchev–Trinajstić information content (AvgIpc) is 2.20. The van der Waals surface area contributed by atoms with Gasteiger partial charge in [0.2, 0.25) is 0 Å². The number of halogens is 1. The normalized spacial score (nSPS) is 10.7. The zero-order valence-electron chi connectivity index (χ0n) is 7.83. The first-order valence-electron chi connectivity index (χ1n) is 4.51.